The Hall–Kier alpha value is -3.12. The van der Waals surface area contributed by atoms with Gasteiger partial charge in [0, 0.05) is 23.5 Å². The Morgan fingerprint density at radius 3 is 2.48 bits per heavy atom. The van der Waals surface area contributed by atoms with Crippen molar-refractivity contribution in [1.29, 1.82) is 0 Å². The number of carbonyl (C=O) groups is 1. The molecule has 0 aliphatic heterocycles. The molecule has 33 heavy (non-hydrogen) atoms. The molecule has 1 aliphatic rings. The minimum atomic E-state index is -0.0825. The van der Waals surface area contributed by atoms with Crippen LogP contribution in [-0.2, 0) is 18.0 Å². The number of pyridine rings is 1. The second-order valence-corrected chi connectivity index (χ2v) is 8.59. The van der Waals surface area contributed by atoms with Crippen LogP contribution in [0.25, 0.3) is 10.9 Å². The van der Waals surface area contributed by atoms with E-state index >= 15 is 0 Å². The molecule has 6 heteroatoms. The summed E-state index contributed by atoms with van der Waals surface area (Å²) in [5.74, 6) is 0.873. The second kappa shape index (κ2) is 11.1. The summed E-state index contributed by atoms with van der Waals surface area (Å²) in [4.78, 5) is 16.6. The van der Waals surface area contributed by atoms with E-state index in [1.165, 1.54) is 0 Å². The van der Waals surface area contributed by atoms with Gasteiger partial charge in [0.2, 0.25) is 0 Å². The van der Waals surface area contributed by atoms with Crippen molar-refractivity contribution in [2.45, 2.75) is 64.9 Å². The van der Waals surface area contributed by atoms with Gasteiger partial charge in [-0.3, -0.25) is 0 Å². The number of aromatic nitrogens is 1. The molecule has 1 aliphatic carbocycles. The lowest BCUT2D eigenvalue weighted by Gasteiger charge is -2.29. The Labute approximate surface area is 195 Å². The SMILES string of the molecule is CCNC(=O)NC1CCC(OCc2nc3ccccc3c(OCc3ccccc3)c2C)CC1. The summed E-state index contributed by atoms with van der Waals surface area (Å²) in [5.41, 5.74) is 3.99. The summed E-state index contributed by atoms with van der Waals surface area (Å²) in [6, 6.07) is 18.4. The van der Waals surface area contributed by atoms with Crippen LogP contribution in [0.3, 0.4) is 0 Å². The maximum atomic E-state index is 11.8. The average Bonchev–Trinajstić information content (AvgIpc) is 2.84. The molecule has 0 radical (unpaired) electrons. The molecular formula is C27H33N3O3. The topological polar surface area (TPSA) is 72.5 Å². The highest BCUT2D eigenvalue weighted by Gasteiger charge is 2.23. The molecule has 1 heterocycles. The lowest BCUT2D eigenvalue weighted by atomic mass is 9.93. The molecule has 0 bridgehead atoms. The zero-order valence-corrected chi connectivity index (χ0v) is 19.5. The Kier molecular flexibility index (Phi) is 7.79. The number of rotatable bonds is 8. The maximum absolute atomic E-state index is 11.8. The number of para-hydroxylation sites is 1. The number of carbonyl (C=O) groups excluding carboxylic acids is 1. The maximum Gasteiger partial charge on any atom is 0.314 e. The Morgan fingerprint density at radius 1 is 1.00 bits per heavy atom. The summed E-state index contributed by atoms with van der Waals surface area (Å²) in [6.45, 7) is 5.59. The smallest absolute Gasteiger partial charge is 0.314 e. The molecule has 174 valence electrons. The second-order valence-electron chi connectivity index (χ2n) is 8.59. The lowest BCUT2D eigenvalue weighted by Crippen LogP contribution is -2.44. The van der Waals surface area contributed by atoms with Crippen LogP contribution in [-0.4, -0.2) is 29.7 Å². The van der Waals surface area contributed by atoms with Gasteiger partial charge in [-0.05, 0) is 57.2 Å². The first-order valence-corrected chi connectivity index (χ1v) is 11.8. The molecule has 0 unspecified atom stereocenters. The van der Waals surface area contributed by atoms with Crippen molar-refractivity contribution in [3.63, 3.8) is 0 Å². The van der Waals surface area contributed by atoms with E-state index < -0.39 is 0 Å². The average molecular weight is 448 g/mol. The van der Waals surface area contributed by atoms with Crippen molar-refractivity contribution in [1.82, 2.24) is 15.6 Å². The van der Waals surface area contributed by atoms with Gasteiger partial charge in [-0.15, -0.1) is 0 Å². The first-order valence-electron chi connectivity index (χ1n) is 11.8. The Balaban J connectivity index is 1.41. The van der Waals surface area contributed by atoms with E-state index in [2.05, 4.69) is 35.8 Å². The third-order valence-electron chi connectivity index (χ3n) is 6.21. The normalized spacial score (nSPS) is 18.1. The molecule has 1 saturated carbocycles. The molecule has 1 aromatic heterocycles. The highest BCUT2D eigenvalue weighted by molar-refractivity contribution is 5.86. The zero-order chi connectivity index (χ0) is 23.0. The van der Waals surface area contributed by atoms with Gasteiger partial charge in [-0.1, -0.05) is 42.5 Å². The van der Waals surface area contributed by atoms with E-state index in [1.807, 2.05) is 43.3 Å². The van der Waals surface area contributed by atoms with Gasteiger partial charge in [-0.25, -0.2) is 9.78 Å². The molecule has 0 spiro atoms. The van der Waals surface area contributed by atoms with Crippen LogP contribution in [0.5, 0.6) is 5.75 Å². The van der Waals surface area contributed by atoms with Crippen molar-refractivity contribution < 1.29 is 14.3 Å². The molecular weight excluding hydrogens is 414 g/mol. The van der Waals surface area contributed by atoms with Crippen molar-refractivity contribution in [3.05, 3.63) is 71.4 Å². The number of benzene rings is 2. The number of nitrogens with one attached hydrogen (secondary N) is 2. The predicted molar refractivity (Wildman–Crippen MR) is 130 cm³/mol. The van der Waals surface area contributed by atoms with Gasteiger partial charge in [0.25, 0.3) is 0 Å². The summed E-state index contributed by atoms with van der Waals surface area (Å²) in [5, 5.41) is 6.86. The highest BCUT2D eigenvalue weighted by Crippen LogP contribution is 2.32. The van der Waals surface area contributed by atoms with Gasteiger partial charge in [0.15, 0.2) is 0 Å². The molecule has 6 nitrogen and oxygen atoms in total. The van der Waals surface area contributed by atoms with Crippen LogP contribution in [0.15, 0.2) is 54.6 Å². The van der Waals surface area contributed by atoms with Crippen LogP contribution >= 0.6 is 0 Å². The van der Waals surface area contributed by atoms with E-state index in [0.717, 1.165) is 59.2 Å². The first kappa shape index (κ1) is 23.1. The third kappa shape index (κ3) is 6.02. The highest BCUT2D eigenvalue weighted by atomic mass is 16.5. The molecule has 4 rings (SSSR count). The van der Waals surface area contributed by atoms with Crippen molar-refractivity contribution in [3.8, 4) is 5.75 Å². The quantitative estimate of drug-likeness (QED) is 0.493. The largest absolute Gasteiger partial charge is 0.488 e. The van der Waals surface area contributed by atoms with Crippen molar-refractivity contribution in [2.24, 2.45) is 0 Å². The number of hydrogen-bond acceptors (Lipinski definition) is 4. The van der Waals surface area contributed by atoms with Gasteiger partial charge in [0.1, 0.15) is 12.4 Å². The Bertz CT molecular complexity index is 1060. The minimum absolute atomic E-state index is 0.0825. The number of amides is 2. The number of urea groups is 1. The first-order chi connectivity index (χ1) is 16.1. The molecule has 2 N–H and O–H groups in total. The van der Waals surface area contributed by atoms with Crippen LogP contribution in [0, 0.1) is 6.92 Å². The van der Waals surface area contributed by atoms with Crippen LogP contribution in [0.2, 0.25) is 0 Å². The summed E-state index contributed by atoms with van der Waals surface area (Å²) in [6.07, 6.45) is 3.90. The van der Waals surface area contributed by atoms with E-state index in [-0.39, 0.29) is 18.2 Å². The molecule has 2 amide bonds. The fourth-order valence-corrected chi connectivity index (χ4v) is 4.35. The number of hydrogen-bond donors (Lipinski definition) is 2. The monoisotopic (exact) mass is 447 g/mol. The van der Waals surface area contributed by atoms with Gasteiger partial charge in [0.05, 0.1) is 23.9 Å². The predicted octanol–water partition coefficient (Wildman–Crippen LogP) is 5.27. The standard InChI is InChI=1S/C27H33N3O3/c1-3-28-27(31)29-21-13-15-22(16-14-21)32-18-25-19(2)26(23-11-7-8-12-24(23)30-25)33-17-20-9-5-4-6-10-20/h4-12,21-22H,3,13-18H2,1-2H3,(H2,28,29,31). The minimum Gasteiger partial charge on any atom is -0.488 e. The summed E-state index contributed by atoms with van der Waals surface area (Å²) in [7, 11) is 0. The number of ether oxygens (including phenoxy) is 2. The van der Waals surface area contributed by atoms with Gasteiger partial charge >= 0.3 is 6.03 Å². The summed E-state index contributed by atoms with van der Waals surface area (Å²) >= 11 is 0. The van der Waals surface area contributed by atoms with E-state index in [4.69, 9.17) is 14.5 Å². The third-order valence-corrected chi connectivity index (χ3v) is 6.21. The van der Waals surface area contributed by atoms with Crippen molar-refractivity contribution >= 4 is 16.9 Å². The fraction of sp³-hybridized carbons (Fsp3) is 0.407. The molecule has 0 saturated heterocycles. The molecule has 2 aromatic carbocycles. The Morgan fingerprint density at radius 2 is 1.73 bits per heavy atom. The fourth-order valence-electron chi connectivity index (χ4n) is 4.35. The summed E-state index contributed by atoms with van der Waals surface area (Å²) < 4.78 is 12.6. The van der Waals surface area contributed by atoms with Gasteiger partial charge in [-0.2, -0.15) is 0 Å². The number of nitrogens with zero attached hydrogens (tertiary/aromatic N) is 1. The van der Waals surface area contributed by atoms with Crippen LogP contribution in [0.4, 0.5) is 4.79 Å². The van der Waals surface area contributed by atoms with E-state index in [9.17, 15) is 4.79 Å². The number of fused-ring (bicyclic) bond motifs is 1. The molecule has 3 aromatic rings. The lowest BCUT2D eigenvalue weighted by molar-refractivity contribution is 0.0103. The van der Waals surface area contributed by atoms with E-state index in [1.54, 1.807) is 0 Å². The van der Waals surface area contributed by atoms with Gasteiger partial charge < -0.3 is 20.1 Å². The van der Waals surface area contributed by atoms with Crippen molar-refractivity contribution in [2.75, 3.05) is 6.54 Å². The van der Waals surface area contributed by atoms with Crippen LogP contribution < -0.4 is 15.4 Å². The van der Waals surface area contributed by atoms with Crippen LogP contribution in [0.1, 0.15) is 49.4 Å². The molecule has 1 fully saturated rings. The van der Waals surface area contributed by atoms with E-state index in [0.29, 0.717) is 19.8 Å². The molecule has 0 atom stereocenters. The zero-order valence-electron chi connectivity index (χ0n) is 19.5.